The Hall–Kier alpha value is -1.03. The first-order chi connectivity index (χ1) is 8.72. The number of nitrogens with one attached hydrogen (secondary N) is 2. The molecule has 1 aliphatic rings. The highest BCUT2D eigenvalue weighted by Gasteiger charge is 2.23. The molecule has 0 spiro atoms. The molecule has 100 valence electrons. The van der Waals surface area contributed by atoms with Crippen LogP contribution in [0.3, 0.4) is 0 Å². The standard InChI is InChI=1S/C13H20ClN3O/c1-2-10(9-6-4-3-5-7-9)16-11-8-15-17-13(18)12(11)14/h8-10H,2-7H2,1H3,(H2,16,17,18). The van der Waals surface area contributed by atoms with Gasteiger partial charge in [0.15, 0.2) is 0 Å². The maximum Gasteiger partial charge on any atom is 0.285 e. The molecular weight excluding hydrogens is 250 g/mol. The monoisotopic (exact) mass is 269 g/mol. The summed E-state index contributed by atoms with van der Waals surface area (Å²) >= 11 is 5.99. The van der Waals surface area contributed by atoms with E-state index < -0.39 is 0 Å². The van der Waals surface area contributed by atoms with Crippen molar-refractivity contribution in [3.63, 3.8) is 0 Å². The number of hydrogen-bond acceptors (Lipinski definition) is 3. The third-order valence-corrected chi connectivity index (χ3v) is 4.17. The Kier molecular flexibility index (Phi) is 4.64. The minimum Gasteiger partial charge on any atom is -0.379 e. The van der Waals surface area contributed by atoms with Crippen molar-refractivity contribution in [3.05, 3.63) is 21.6 Å². The Morgan fingerprint density at radius 2 is 2.22 bits per heavy atom. The molecule has 1 aromatic rings. The highest BCUT2D eigenvalue weighted by atomic mass is 35.5. The number of rotatable bonds is 4. The molecule has 0 aromatic carbocycles. The van der Waals surface area contributed by atoms with Crippen LogP contribution in [0.4, 0.5) is 5.69 Å². The molecule has 0 saturated heterocycles. The van der Waals surface area contributed by atoms with E-state index in [4.69, 9.17) is 11.6 Å². The maximum absolute atomic E-state index is 11.4. The minimum atomic E-state index is -0.333. The number of halogens is 1. The SMILES string of the molecule is CCC(Nc1cn[nH]c(=O)c1Cl)C1CCCCC1. The van der Waals surface area contributed by atoms with E-state index in [-0.39, 0.29) is 10.6 Å². The van der Waals surface area contributed by atoms with Crippen LogP contribution in [0, 0.1) is 5.92 Å². The van der Waals surface area contributed by atoms with Crippen LogP contribution >= 0.6 is 11.6 Å². The van der Waals surface area contributed by atoms with Gasteiger partial charge in [-0.15, -0.1) is 0 Å². The van der Waals surface area contributed by atoms with E-state index in [9.17, 15) is 4.79 Å². The van der Waals surface area contributed by atoms with E-state index in [2.05, 4.69) is 22.4 Å². The second-order valence-electron chi connectivity index (χ2n) is 4.98. The van der Waals surface area contributed by atoms with Gasteiger partial charge in [-0.05, 0) is 25.2 Å². The first-order valence-corrected chi connectivity index (χ1v) is 7.10. The molecule has 2 rings (SSSR count). The number of aromatic amines is 1. The molecule has 1 aliphatic carbocycles. The van der Waals surface area contributed by atoms with Gasteiger partial charge in [-0.1, -0.05) is 37.8 Å². The Bertz CT molecular complexity index is 440. The predicted octanol–water partition coefficient (Wildman–Crippen LogP) is 3.19. The predicted molar refractivity (Wildman–Crippen MR) is 74.1 cm³/mol. The summed E-state index contributed by atoms with van der Waals surface area (Å²) in [5, 5.41) is 9.73. The summed E-state index contributed by atoms with van der Waals surface area (Å²) < 4.78 is 0. The Labute approximate surface area is 112 Å². The van der Waals surface area contributed by atoms with E-state index in [1.165, 1.54) is 32.1 Å². The van der Waals surface area contributed by atoms with Crippen molar-refractivity contribution in [1.29, 1.82) is 0 Å². The van der Waals surface area contributed by atoms with Gasteiger partial charge in [-0.2, -0.15) is 5.10 Å². The number of H-pyrrole nitrogens is 1. The fourth-order valence-electron chi connectivity index (χ4n) is 2.77. The van der Waals surface area contributed by atoms with E-state index in [1.807, 2.05) is 0 Å². The fourth-order valence-corrected chi connectivity index (χ4v) is 2.92. The van der Waals surface area contributed by atoms with Crippen LogP contribution in [0.15, 0.2) is 11.0 Å². The number of anilines is 1. The number of hydrogen-bond donors (Lipinski definition) is 2. The van der Waals surface area contributed by atoms with Crippen LogP contribution in [0.5, 0.6) is 0 Å². The first-order valence-electron chi connectivity index (χ1n) is 6.72. The zero-order chi connectivity index (χ0) is 13.0. The zero-order valence-corrected chi connectivity index (χ0v) is 11.5. The van der Waals surface area contributed by atoms with Crippen molar-refractivity contribution >= 4 is 17.3 Å². The minimum absolute atomic E-state index is 0.208. The van der Waals surface area contributed by atoms with Crippen molar-refractivity contribution in [2.75, 3.05) is 5.32 Å². The first kappa shape index (κ1) is 13.4. The Morgan fingerprint density at radius 1 is 1.50 bits per heavy atom. The van der Waals surface area contributed by atoms with E-state index in [1.54, 1.807) is 6.20 Å². The van der Waals surface area contributed by atoms with Crippen LogP contribution in [-0.4, -0.2) is 16.2 Å². The molecule has 5 heteroatoms. The summed E-state index contributed by atoms with van der Waals surface area (Å²) in [6.07, 6.45) is 9.12. The van der Waals surface area contributed by atoms with E-state index in [0.717, 1.165) is 6.42 Å². The van der Waals surface area contributed by atoms with Gasteiger partial charge in [0, 0.05) is 6.04 Å². The molecule has 0 amide bonds. The topological polar surface area (TPSA) is 57.8 Å². The lowest BCUT2D eigenvalue weighted by molar-refractivity contribution is 0.313. The molecule has 0 aliphatic heterocycles. The Morgan fingerprint density at radius 3 is 2.89 bits per heavy atom. The van der Waals surface area contributed by atoms with Crippen LogP contribution in [0.25, 0.3) is 0 Å². The molecule has 18 heavy (non-hydrogen) atoms. The molecule has 2 N–H and O–H groups in total. The van der Waals surface area contributed by atoms with Crippen LogP contribution in [0.1, 0.15) is 45.4 Å². The summed E-state index contributed by atoms with van der Waals surface area (Å²) in [4.78, 5) is 11.4. The quantitative estimate of drug-likeness (QED) is 0.883. The highest BCUT2D eigenvalue weighted by molar-refractivity contribution is 6.32. The summed E-state index contributed by atoms with van der Waals surface area (Å²) in [5.74, 6) is 0.680. The number of aromatic nitrogens is 2. The van der Waals surface area contributed by atoms with Gasteiger partial charge in [0.05, 0.1) is 11.9 Å². The van der Waals surface area contributed by atoms with Gasteiger partial charge in [0.25, 0.3) is 5.56 Å². The molecule has 0 radical (unpaired) electrons. The lowest BCUT2D eigenvalue weighted by Crippen LogP contribution is -2.31. The second kappa shape index (κ2) is 6.23. The van der Waals surface area contributed by atoms with Crippen molar-refractivity contribution < 1.29 is 0 Å². The number of nitrogens with zero attached hydrogens (tertiary/aromatic N) is 1. The summed E-state index contributed by atoms with van der Waals surface area (Å²) in [6, 6.07) is 0.381. The second-order valence-corrected chi connectivity index (χ2v) is 5.36. The lowest BCUT2D eigenvalue weighted by atomic mass is 9.83. The largest absolute Gasteiger partial charge is 0.379 e. The maximum atomic E-state index is 11.4. The molecule has 1 aromatic heterocycles. The Balaban J connectivity index is 2.09. The summed E-state index contributed by atoms with van der Waals surface area (Å²) in [5.41, 5.74) is 0.318. The smallest absolute Gasteiger partial charge is 0.285 e. The van der Waals surface area contributed by atoms with E-state index >= 15 is 0 Å². The third-order valence-electron chi connectivity index (χ3n) is 3.80. The molecule has 1 atom stereocenters. The van der Waals surface area contributed by atoms with Crippen molar-refractivity contribution in [1.82, 2.24) is 10.2 Å². The molecule has 0 bridgehead atoms. The molecule has 1 saturated carbocycles. The zero-order valence-electron chi connectivity index (χ0n) is 10.7. The van der Waals surface area contributed by atoms with Crippen LogP contribution in [-0.2, 0) is 0 Å². The van der Waals surface area contributed by atoms with Gasteiger partial charge in [0.2, 0.25) is 0 Å². The average Bonchev–Trinajstić information content (AvgIpc) is 2.41. The van der Waals surface area contributed by atoms with Crippen molar-refractivity contribution in [3.8, 4) is 0 Å². The van der Waals surface area contributed by atoms with Gasteiger partial charge in [-0.3, -0.25) is 4.79 Å². The van der Waals surface area contributed by atoms with E-state index in [0.29, 0.717) is 17.6 Å². The molecular formula is C13H20ClN3O. The average molecular weight is 270 g/mol. The van der Waals surface area contributed by atoms with Gasteiger partial charge in [0.1, 0.15) is 5.02 Å². The van der Waals surface area contributed by atoms with Gasteiger partial charge in [-0.25, -0.2) is 5.10 Å². The molecule has 1 fully saturated rings. The summed E-state index contributed by atoms with van der Waals surface area (Å²) in [7, 11) is 0. The normalized spacial score (nSPS) is 18.6. The lowest BCUT2D eigenvalue weighted by Gasteiger charge is -2.31. The molecule has 4 nitrogen and oxygen atoms in total. The van der Waals surface area contributed by atoms with Crippen molar-refractivity contribution in [2.45, 2.75) is 51.5 Å². The summed E-state index contributed by atoms with van der Waals surface area (Å²) in [6.45, 7) is 2.17. The molecule has 1 heterocycles. The third kappa shape index (κ3) is 3.05. The van der Waals surface area contributed by atoms with Crippen LogP contribution < -0.4 is 10.9 Å². The van der Waals surface area contributed by atoms with Gasteiger partial charge >= 0.3 is 0 Å². The molecule has 1 unspecified atom stereocenters. The highest BCUT2D eigenvalue weighted by Crippen LogP contribution is 2.30. The van der Waals surface area contributed by atoms with Crippen molar-refractivity contribution in [2.24, 2.45) is 5.92 Å². The van der Waals surface area contributed by atoms with Gasteiger partial charge < -0.3 is 5.32 Å². The van der Waals surface area contributed by atoms with Crippen LogP contribution in [0.2, 0.25) is 5.02 Å². The fraction of sp³-hybridized carbons (Fsp3) is 0.692.